The smallest absolute Gasteiger partial charge is 0.180 e. The molecule has 0 saturated carbocycles. The minimum absolute atomic E-state index is 0.148. The predicted molar refractivity (Wildman–Crippen MR) is 57.7 cm³/mol. The number of thiocarbonyl (C=S) groups is 1. The van der Waals surface area contributed by atoms with Crippen LogP contribution in [0.25, 0.3) is 0 Å². The van der Waals surface area contributed by atoms with Crippen LogP contribution in [0.5, 0.6) is 0 Å². The molecule has 14 heavy (non-hydrogen) atoms. The fraction of sp³-hybridized carbons (Fsp3) is 0.111. The van der Waals surface area contributed by atoms with Crippen LogP contribution >= 0.6 is 12.2 Å². The minimum Gasteiger partial charge on any atom is -0.375 e. The first-order chi connectivity index (χ1) is 6.63. The number of hydrogen-bond acceptors (Lipinski definition) is 3. The van der Waals surface area contributed by atoms with E-state index in [9.17, 15) is 0 Å². The van der Waals surface area contributed by atoms with Crippen molar-refractivity contribution in [2.75, 3.05) is 0 Å². The number of nitrogens with zero attached hydrogens (tertiary/aromatic N) is 2. The van der Waals surface area contributed by atoms with Gasteiger partial charge in [0, 0.05) is 0 Å². The fourth-order valence-electron chi connectivity index (χ4n) is 0.959. The van der Waals surface area contributed by atoms with E-state index >= 15 is 0 Å². The van der Waals surface area contributed by atoms with Crippen molar-refractivity contribution in [2.24, 2.45) is 11.6 Å². The summed E-state index contributed by atoms with van der Waals surface area (Å²) >= 11 is 4.69. The molecule has 0 aromatic heterocycles. The van der Waals surface area contributed by atoms with Crippen molar-refractivity contribution in [3.63, 3.8) is 0 Å². The molecule has 0 bridgehead atoms. The molecule has 0 aliphatic carbocycles. The van der Waals surface area contributed by atoms with E-state index in [0.717, 1.165) is 5.56 Å². The van der Waals surface area contributed by atoms with Gasteiger partial charge < -0.3 is 5.73 Å². The Morgan fingerprint density at radius 2 is 2.00 bits per heavy atom. The molecule has 0 spiro atoms. The number of hydrazine groups is 1. The molecule has 1 rings (SSSR count). The van der Waals surface area contributed by atoms with Crippen LogP contribution in [0, 0.1) is 11.3 Å². The Kier molecular flexibility index (Phi) is 3.40. The monoisotopic (exact) mass is 206 g/mol. The number of nitriles is 1. The Labute approximate surface area is 87.7 Å². The SMILES string of the molecule is N#Cc1ccc(CN(N)C(N)=S)cc1. The Morgan fingerprint density at radius 1 is 1.43 bits per heavy atom. The average molecular weight is 206 g/mol. The van der Waals surface area contributed by atoms with Crippen LogP contribution in [0.4, 0.5) is 0 Å². The van der Waals surface area contributed by atoms with Crippen LogP contribution in [0.1, 0.15) is 11.1 Å². The third-order valence-corrected chi connectivity index (χ3v) is 1.95. The molecule has 0 unspecified atom stereocenters. The second-order valence-electron chi connectivity index (χ2n) is 2.77. The van der Waals surface area contributed by atoms with E-state index in [4.69, 9.17) is 29.1 Å². The highest BCUT2D eigenvalue weighted by molar-refractivity contribution is 7.80. The van der Waals surface area contributed by atoms with Gasteiger partial charge in [-0.2, -0.15) is 5.26 Å². The number of nitrogens with two attached hydrogens (primary N) is 2. The number of benzene rings is 1. The first-order valence-corrected chi connectivity index (χ1v) is 4.35. The maximum absolute atomic E-state index is 8.57. The third-order valence-electron chi connectivity index (χ3n) is 1.72. The second-order valence-corrected chi connectivity index (χ2v) is 3.19. The summed E-state index contributed by atoms with van der Waals surface area (Å²) in [5.74, 6) is 5.52. The van der Waals surface area contributed by atoms with Gasteiger partial charge in [0.25, 0.3) is 0 Å². The van der Waals surface area contributed by atoms with Crippen molar-refractivity contribution in [3.05, 3.63) is 35.4 Å². The normalized spacial score (nSPS) is 9.14. The molecule has 0 radical (unpaired) electrons. The van der Waals surface area contributed by atoms with E-state index < -0.39 is 0 Å². The topological polar surface area (TPSA) is 79.1 Å². The largest absolute Gasteiger partial charge is 0.375 e. The van der Waals surface area contributed by atoms with E-state index in [1.54, 1.807) is 12.1 Å². The van der Waals surface area contributed by atoms with Crippen molar-refractivity contribution in [1.29, 1.82) is 5.26 Å². The van der Waals surface area contributed by atoms with E-state index in [-0.39, 0.29) is 5.11 Å². The van der Waals surface area contributed by atoms with E-state index in [2.05, 4.69) is 0 Å². The van der Waals surface area contributed by atoms with Crippen LogP contribution < -0.4 is 11.6 Å². The summed E-state index contributed by atoms with van der Waals surface area (Å²) in [6.45, 7) is 0.445. The van der Waals surface area contributed by atoms with Crippen molar-refractivity contribution in [3.8, 4) is 6.07 Å². The van der Waals surface area contributed by atoms with Gasteiger partial charge in [-0.3, -0.25) is 5.01 Å². The van der Waals surface area contributed by atoms with E-state index in [0.29, 0.717) is 12.1 Å². The highest BCUT2D eigenvalue weighted by Crippen LogP contribution is 2.04. The summed E-state index contributed by atoms with van der Waals surface area (Å²) in [6.07, 6.45) is 0. The summed E-state index contributed by atoms with van der Waals surface area (Å²) in [4.78, 5) is 0. The lowest BCUT2D eigenvalue weighted by molar-refractivity contribution is 0.437. The zero-order valence-electron chi connectivity index (χ0n) is 7.47. The molecule has 4 nitrogen and oxygen atoms in total. The van der Waals surface area contributed by atoms with Gasteiger partial charge in [0.15, 0.2) is 5.11 Å². The Bertz CT molecular complexity index is 365. The van der Waals surface area contributed by atoms with Crippen molar-refractivity contribution in [1.82, 2.24) is 5.01 Å². The Balaban J connectivity index is 2.70. The van der Waals surface area contributed by atoms with Crippen LogP contribution in [-0.4, -0.2) is 10.1 Å². The molecule has 0 fully saturated rings. The zero-order chi connectivity index (χ0) is 10.6. The molecule has 72 valence electrons. The van der Waals surface area contributed by atoms with Crippen LogP contribution in [0.15, 0.2) is 24.3 Å². The third kappa shape index (κ3) is 2.69. The van der Waals surface area contributed by atoms with Gasteiger partial charge in [0.2, 0.25) is 0 Å². The minimum atomic E-state index is 0.148. The van der Waals surface area contributed by atoms with Gasteiger partial charge in [-0.15, -0.1) is 0 Å². The first kappa shape index (κ1) is 10.4. The summed E-state index contributed by atoms with van der Waals surface area (Å²) in [7, 11) is 0. The lowest BCUT2D eigenvalue weighted by atomic mass is 10.1. The summed E-state index contributed by atoms with van der Waals surface area (Å²) in [5.41, 5.74) is 6.90. The molecule has 0 amide bonds. The highest BCUT2D eigenvalue weighted by atomic mass is 32.1. The molecule has 1 aromatic carbocycles. The number of rotatable bonds is 2. The summed E-state index contributed by atoms with van der Waals surface area (Å²) < 4.78 is 0. The second kappa shape index (κ2) is 4.56. The van der Waals surface area contributed by atoms with E-state index in [1.807, 2.05) is 18.2 Å². The van der Waals surface area contributed by atoms with Gasteiger partial charge in [-0.05, 0) is 29.9 Å². The van der Waals surface area contributed by atoms with Crippen LogP contribution in [-0.2, 0) is 6.54 Å². The van der Waals surface area contributed by atoms with Gasteiger partial charge in [-0.1, -0.05) is 12.1 Å². The summed E-state index contributed by atoms with van der Waals surface area (Å²) in [6, 6.07) is 9.12. The first-order valence-electron chi connectivity index (χ1n) is 3.94. The highest BCUT2D eigenvalue weighted by Gasteiger charge is 2.01. The Hall–Kier alpha value is -1.64. The van der Waals surface area contributed by atoms with Gasteiger partial charge in [0.1, 0.15) is 0 Å². The van der Waals surface area contributed by atoms with Crippen LogP contribution in [0.3, 0.4) is 0 Å². The van der Waals surface area contributed by atoms with Crippen molar-refractivity contribution in [2.45, 2.75) is 6.54 Å². The maximum Gasteiger partial charge on any atom is 0.180 e. The molecule has 4 N–H and O–H groups in total. The molecule has 0 heterocycles. The van der Waals surface area contributed by atoms with Gasteiger partial charge in [0.05, 0.1) is 18.2 Å². The van der Waals surface area contributed by atoms with Crippen molar-refractivity contribution < 1.29 is 0 Å². The molecule has 0 atom stereocenters. The lowest BCUT2D eigenvalue weighted by Gasteiger charge is -2.15. The predicted octanol–water partition coefficient (Wildman–Crippen LogP) is 0.478. The molecule has 1 aromatic rings. The molecule has 0 aliphatic rings. The molecule has 0 saturated heterocycles. The molecule has 5 heteroatoms. The standard InChI is InChI=1S/C9H10N4S/c10-5-7-1-3-8(4-2-7)6-13(12)9(11)14/h1-4H,6,12H2,(H2,11,14). The number of hydrogen-bond donors (Lipinski definition) is 2. The van der Waals surface area contributed by atoms with E-state index in [1.165, 1.54) is 5.01 Å². The lowest BCUT2D eigenvalue weighted by Crippen LogP contribution is -2.40. The zero-order valence-corrected chi connectivity index (χ0v) is 8.29. The molecular weight excluding hydrogens is 196 g/mol. The fourth-order valence-corrected chi connectivity index (χ4v) is 1.02. The molecular formula is C9H10N4S. The van der Waals surface area contributed by atoms with Gasteiger partial charge in [-0.25, -0.2) is 5.84 Å². The average Bonchev–Trinajstić information content (AvgIpc) is 2.19. The van der Waals surface area contributed by atoms with Gasteiger partial charge >= 0.3 is 0 Å². The summed E-state index contributed by atoms with van der Waals surface area (Å²) in [5, 5.41) is 9.99. The Morgan fingerprint density at radius 3 is 2.43 bits per heavy atom. The molecule has 0 aliphatic heterocycles. The van der Waals surface area contributed by atoms with Crippen molar-refractivity contribution >= 4 is 17.3 Å². The maximum atomic E-state index is 8.57. The van der Waals surface area contributed by atoms with Crippen LogP contribution in [0.2, 0.25) is 0 Å². The quantitative estimate of drug-likeness (QED) is 0.418.